The first-order valence-corrected chi connectivity index (χ1v) is 9.88. The third-order valence-corrected chi connectivity index (χ3v) is 4.91. The van der Waals surface area contributed by atoms with Gasteiger partial charge in [-0.1, -0.05) is 17.3 Å². The number of para-hydroxylation sites is 2. The Balaban J connectivity index is 1.31. The number of carbonyl (C=O) groups excluding carboxylic acids is 2. The number of aryl methyl sites for hydroxylation is 1. The highest BCUT2D eigenvalue weighted by atomic mass is 19.1. The van der Waals surface area contributed by atoms with Crippen molar-refractivity contribution in [3.63, 3.8) is 0 Å². The summed E-state index contributed by atoms with van der Waals surface area (Å²) in [5, 5.41) is 6.79. The molecule has 154 valence electrons. The van der Waals surface area contributed by atoms with Crippen molar-refractivity contribution in [1.29, 1.82) is 0 Å². The molecule has 0 unspecified atom stereocenters. The highest BCUT2D eigenvalue weighted by molar-refractivity contribution is 6.02. The van der Waals surface area contributed by atoms with Gasteiger partial charge in [0.15, 0.2) is 0 Å². The molecule has 2 amide bonds. The van der Waals surface area contributed by atoms with Crippen LogP contribution in [-0.2, 0) is 16.0 Å². The molecule has 0 atom stereocenters. The van der Waals surface area contributed by atoms with Crippen molar-refractivity contribution in [2.45, 2.75) is 32.1 Å². The first kappa shape index (κ1) is 19.8. The number of amides is 2. The summed E-state index contributed by atoms with van der Waals surface area (Å²) in [5.74, 6) is 0.408. The minimum atomic E-state index is -0.329. The van der Waals surface area contributed by atoms with E-state index in [4.69, 9.17) is 4.52 Å². The van der Waals surface area contributed by atoms with E-state index < -0.39 is 0 Å². The molecule has 1 aliphatic rings. The van der Waals surface area contributed by atoms with Crippen molar-refractivity contribution in [3.8, 4) is 11.4 Å². The van der Waals surface area contributed by atoms with Crippen molar-refractivity contribution in [3.05, 3.63) is 60.2 Å². The number of nitrogens with zero attached hydrogens (tertiary/aromatic N) is 3. The molecule has 0 bridgehead atoms. The van der Waals surface area contributed by atoms with E-state index in [-0.39, 0.29) is 24.1 Å². The minimum Gasteiger partial charge on any atom is -0.339 e. The lowest BCUT2D eigenvalue weighted by atomic mass is 10.2. The third kappa shape index (κ3) is 4.53. The number of hydrogen-bond donors (Lipinski definition) is 1. The molecule has 7 nitrogen and oxygen atoms in total. The number of hydrogen-bond acceptors (Lipinski definition) is 5. The molecule has 0 aliphatic carbocycles. The van der Waals surface area contributed by atoms with Crippen molar-refractivity contribution < 1.29 is 18.5 Å². The van der Waals surface area contributed by atoms with Crippen LogP contribution >= 0.6 is 0 Å². The van der Waals surface area contributed by atoms with Crippen LogP contribution in [0, 0.1) is 5.82 Å². The Morgan fingerprint density at radius 3 is 2.73 bits per heavy atom. The molecule has 1 aliphatic heterocycles. The molecule has 1 aromatic heterocycles. The molecule has 0 saturated carbocycles. The predicted molar refractivity (Wildman–Crippen MR) is 109 cm³/mol. The van der Waals surface area contributed by atoms with Crippen LogP contribution in [0.3, 0.4) is 0 Å². The molecule has 8 heteroatoms. The quantitative estimate of drug-likeness (QED) is 0.639. The lowest BCUT2D eigenvalue weighted by molar-refractivity contribution is -0.117. The number of carbonyl (C=O) groups is 2. The van der Waals surface area contributed by atoms with E-state index in [1.54, 1.807) is 23.1 Å². The number of nitrogens with one attached hydrogen (secondary N) is 1. The minimum absolute atomic E-state index is 0.0741. The van der Waals surface area contributed by atoms with Gasteiger partial charge < -0.3 is 14.7 Å². The molecule has 1 saturated heterocycles. The molecule has 0 spiro atoms. The van der Waals surface area contributed by atoms with Gasteiger partial charge in [-0.15, -0.1) is 0 Å². The maximum absolute atomic E-state index is 13.0. The van der Waals surface area contributed by atoms with Crippen LogP contribution in [0.4, 0.5) is 15.8 Å². The lowest BCUT2D eigenvalue weighted by Crippen LogP contribution is -2.25. The summed E-state index contributed by atoms with van der Waals surface area (Å²) in [6, 6.07) is 13.2. The summed E-state index contributed by atoms with van der Waals surface area (Å²) < 4.78 is 18.2. The summed E-state index contributed by atoms with van der Waals surface area (Å²) in [5.41, 5.74) is 2.03. The Labute approximate surface area is 172 Å². The number of benzene rings is 2. The Morgan fingerprint density at radius 1 is 1.17 bits per heavy atom. The second kappa shape index (κ2) is 8.86. The van der Waals surface area contributed by atoms with Gasteiger partial charge in [-0.05, 0) is 49.2 Å². The molecule has 3 aromatic rings. The van der Waals surface area contributed by atoms with Gasteiger partial charge in [-0.3, -0.25) is 9.59 Å². The van der Waals surface area contributed by atoms with Crippen LogP contribution in [0.15, 0.2) is 53.1 Å². The monoisotopic (exact) mass is 408 g/mol. The standard InChI is InChI=1S/C22H21FN4O3/c23-16-12-10-15(11-13-16)22-25-20(30-26-22)8-3-7-19(28)24-17-5-1-2-6-18(17)27-14-4-9-21(27)29/h1-2,5-6,10-13H,3-4,7-9,14H2,(H,24,28). The largest absolute Gasteiger partial charge is 0.339 e. The number of aromatic nitrogens is 2. The Hall–Kier alpha value is -3.55. The van der Waals surface area contributed by atoms with Crippen molar-refractivity contribution in [2.24, 2.45) is 0 Å². The van der Waals surface area contributed by atoms with Crippen molar-refractivity contribution in [1.82, 2.24) is 10.1 Å². The van der Waals surface area contributed by atoms with Crippen LogP contribution < -0.4 is 10.2 Å². The summed E-state index contributed by atoms with van der Waals surface area (Å²) in [4.78, 5) is 30.4. The third-order valence-electron chi connectivity index (χ3n) is 4.91. The Bertz CT molecular complexity index is 1050. The number of rotatable bonds is 7. The van der Waals surface area contributed by atoms with Gasteiger partial charge in [0, 0.05) is 31.4 Å². The van der Waals surface area contributed by atoms with Crippen LogP contribution in [-0.4, -0.2) is 28.5 Å². The molecule has 30 heavy (non-hydrogen) atoms. The molecule has 2 heterocycles. The SMILES string of the molecule is O=C(CCCc1nc(-c2ccc(F)cc2)no1)Nc1ccccc1N1CCCC1=O. The normalized spacial score (nSPS) is 13.6. The average Bonchev–Trinajstić information content (AvgIpc) is 3.38. The van der Waals surface area contributed by atoms with E-state index >= 15 is 0 Å². The number of halogens is 1. The van der Waals surface area contributed by atoms with E-state index in [9.17, 15) is 14.0 Å². The van der Waals surface area contributed by atoms with E-state index in [0.717, 1.165) is 12.1 Å². The van der Waals surface area contributed by atoms with Crippen molar-refractivity contribution in [2.75, 3.05) is 16.8 Å². The second-order valence-electron chi connectivity index (χ2n) is 7.09. The first-order chi connectivity index (χ1) is 14.6. The van der Waals surface area contributed by atoms with Crippen LogP contribution in [0.2, 0.25) is 0 Å². The van der Waals surface area contributed by atoms with E-state index in [2.05, 4.69) is 15.5 Å². The lowest BCUT2D eigenvalue weighted by Gasteiger charge is -2.19. The van der Waals surface area contributed by atoms with Gasteiger partial charge in [0.05, 0.1) is 11.4 Å². The van der Waals surface area contributed by atoms with Gasteiger partial charge >= 0.3 is 0 Å². The second-order valence-corrected chi connectivity index (χ2v) is 7.09. The molecular formula is C22H21FN4O3. The molecule has 1 fully saturated rings. The van der Waals surface area contributed by atoms with Gasteiger partial charge in [0.2, 0.25) is 23.5 Å². The zero-order valence-electron chi connectivity index (χ0n) is 16.3. The molecular weight excluding hydrogens is 387 g/mol. The molecule has 0 radical (unpaired) electrons. The molecule has 1 N–H and O–H groups in total. The summed E-state index contributed by atoms with van der Waals surface area (Å²) in [6.45, 7) is 0.666. The topological polar surface area (TPSA) is 88.3 Å². The van der Waals surface area contributed by atoms with Gasteiger partial charge in [-0.2, -0.15) is 4.98 Å². The fraction of sp³-hybridized carbons (Fsp3) is 0.273. The molecule has 2 aromatic carbocycles. The van der Waals surface area contributed by atoms with Crippen LogP contribution in [0.1, 0.15) is 31.6 Å². The van der Waals surface area contributed by atoms with Crippen molar-refractivity contribution >= 4 is 23.2 Å². The molecule has 4 rings (SSSR count). The van der Waals surface area contributed by atoms with Gasteiger partial charge in [0.25, 0.3) is 0 Å². The smallest absolute Gasteiger partial charge is 0.227 e. The first-order valence-electron chi connectivity index (χ1n) is 9.88. The maximum Gasteiger partial charge on any atom is 0.227 e. The Morgan fingerprint density at radius 2 is 1.97 bits per heavy atom. The van der Waals surface area contributed by atoms with E-state index in [0.29, 0.717) is 48.8 Å². The summed E-state index contributed by atoms with van der Waals surface area (Å²) >= 11 is 0. The fourth-order valence-corrected chi connectivity index (χ4v) is 3.40. The predicted octanol–water partition coefficient (Wildman–Crippen LogP) is 3.96. The zero-order chi connectivity index (χ0) is 20.9. The van der Waals surface area contributed by atoms with E-state index in [1.165, 1.54) is 12.1 Å². The highest BCUT2D eigenvalue weighted by Crippen LogP contribution is 2.29. The van der Waals surface area contributed by atoms with Crippen LogP contribution in [0.25, 0.3) is 11.4 Å². The van der Waals surface area contributed by atoms with Crippen LogP contribution in [0.5, 0.6) is 0 Å². The number of anilines is 2. The fourth-order valence-electron chi connectivity index (χ4n) is 3.40. The Kier molecular flexibility index (Phi) is 5.83. The summed E-state index contributed by atoms with van der Waals surface area (Å²) in [6.07, 6.45) is 2.61. The van der Waals surface area contributed by atoms with Gasteiger partial charge in [0.1, 0.15) is 5.82 Å². The average molecular weight is 408 g/mol. The zero-order valence-corrected chi connectivity index (χ0v) is 16.3. The highest BCUT2D eigenvalue weighted by Gasteiger charge is 2.24. The maximum atomic E-state index is 13.0. The summed E-state index contributed by atoms with van der Waals surface area (Å²) in [7, 11) is 0. The van der Waals surface area contributed by atoms with Gasteiger partial charge in [-0.25, -0.2) is 4.39 Å². The van der Waals surface area contributed by atoms with E-state index in [1.807, 2.05) is 18.2 Å².